The maximum absolute atomic E-state index is 13.2. The highest BCUT2D eigenvalue weighted by Crippen LogP contribution is 2.37. The van der Waals surface area contributed by atoms with E-state index in [-0.39, 0.29) is 24.5 Å². The Balaban J connectivity index is 1.66. The van der Waals surface area contributed by atoms with Crippen LogP contribution in [0.5, 0.6) is 11.5 Å². The minimum atomic E-state index is -0.441. The van der Waals surface area contributed by atoms with Crippen LogP contribution < -0.4 is 9.47 Å². The molecule has 7 nitrogen and oxygen atoms in total. The van der Waals surface area contributed by atoms with Crippen LogP contribution in [0.25, 0.3) is 0 Å². The predicted molar refractivity (Wildman–Crippen MR) is 113 cm³/mol. The Labute approximate surface area is 180 Å². The highest BCUT2D eigenvalue weighted by molar-refractivity contribution is 5.99. The van der Waals surface area contributed by atoms with Crippen molar-refractivity contribution in [1.82, 2.24) is 10.1 Å². The van der Waals surface area contributed by atoms with Gasteiger partial charge < -0.3 is 18.9 Å². The first kappa shape index (κ1) is 20.7. The number of rotatable bonds is 9. The van der Waals surface area contributed by atoms with E-state index < -0.39 is 6.04 Å². The second-order valence-corrected chi connectivity index (χ2v) is 7.36. The van der Waals surface area contributed by atoms with Crippen molar-refractivity contribution in [1.29, 1.82) is 0 Å². The number of aromatic nitrogens is 1. The molecule has 0 bridgehead atoms. The molecule has 1 unspecified atom stereocenters. The molecule has 160 valence electrons. The number of methoxy groups -OCH3 is 1. The monoisotopic (exact) mass is 420 g/mol. The number of hydrogen-bond donors (Lipinski definition) is 0. The van der Waals surface area contributed by atoms with E-state index in [2.05, 4.69) is 5.16 Å². The minimum absolute atomic E-state index is 0.0319. The standard InChI is InChI=1S/C24H24N2O5/c1-3-30-22-9-8-16(12-23(22)29-2)21(14-19(27)13-18-10-11-31-25-18)26-15-17-6-4-5-7-20(17)24(26)28/h4-12,21H,3,13-15H2,1-2H3. The summed E-state index contributed by atoms with van der Waals surface area (Å²) < 4.78 is 15.9. The van der Waals surface area contributed by atoms with Gasteiger partial charge in [0, 0.05) is 24.6 Å². The Kier molecular flexibility index (Phi) is 6.02. The molecule has 0 radical (unpaired) electrons. The van der Waals surface area contributed by atoms with Crippen LogP contribution in [0.3, 0.4) is 0 Å². The first-order chi connectivity index (χ1) is 15.1. The smallest absolute Gasteiger partial charge is 0.255 e. The molecule has 2 heterocycles. The van der Waals surface area contributed by atoms with Crippen LogP contribution in [0.15, 0.2) is 59.3 Å². The molecule has 7 heteroatoms. The number of carbonyl (C=O) groups excluding carboxylic acids is 2. The molecule has 3 aromatic rings. The van der Waals surface area contributed by atoms with Crippen molar-refractivity contribution >= 4 is 11.7 Å². The van der Waals surface area contributed by atoms with Gasteiger partial charge in [-0.05, 0) is 36.2 Å². The summed E-state index contributed by atoms with van der Waals surface area (Å²) in [5.41, 5.74) is 3.02. The number of hydrogen-bond acceptors (Lipinski definition) is 6. The van der Waals surface area contributed by atoms with Crippen molar-refractivity contribution in [3.63, 3.8) is 0 Å². The average Bonchev–Trinajstić information content (AvgIpc) is 3.40. The molecule has 1 aromatic heterocycles. The third-order valence-corrected chi connectivity index (χ3v) is 5.39. The third-order valence-electron chi connectivity index (χ3n) is 5.39. The Bertz CT molecular complexity index is 1080. The summed E-state index contributed by atoms with van der Waals surface area (Å²) in [6.45, 7) is 2.86. The molecule has 0 fully saturated rings. The fourth-order valence-corrected chi connectivity index (χ4v) is 3.92. The lowest BCUT2D eigenvalue weighted by Crippen LogP contribution is -2.31. The van der Waals surface area contributed by atoms with Crippen molar-refractivity contribution in [2.45, 2.75) is 32.4 Å². The van der Waals surface area contributed by atoms with Crippen LogP contribution in [0.4, 0.5) is 0 Å². The van der Waals surface area contributed by atoms with E-state index in [0.717, 1.165) is 11.1 Å². The molecular weight excluding hydrogens is 396 g/mol. The molecule has 0 saturated heterocycles. The van der Waals surface area contributed by atoms with E-state index in [1.165, 1.54) is 6.26 Å². The van der Waals surface area contributed by atoms with Crippen LogP contribution in [0.2, 0.25) is 0 Å². The molecule has 1 amide bonds. The van der Waals surface area contributed by atoms with Gasteiger partial charge in [-0.25, -0.2) is 0 Å². The number of ketones is 1. The van der Waals surface area contributed by atoms with Gasteiger partial charge in [-0.2, -0.15) is 0 Å². The lowest BCUT2D eigenvalue weighted by Gasteiger charge is -2.28. The van der Waals surface area contributed by atoms with Gasteiger partial charge in [-0.1, -0.05) is 29.4 Å². The summed E-state index contributed by atoms with van der Waals surface area (Å²) in [6, 6.07) is 14.3. The van der Waals surface area contributed by atoms with E-state index in [1.807, 2.05) is 49.4 Å². The number of carbonyl (C=O) groups is 2. The molecule has 1 atom stereocenters. The zero-order chi connectivity index (χ0) is 21.8. The Hall–Kier alpha value is -3.61. The molecule has 0 spiro atoms. The number of benzene rings is 2. The lowest BCUT2D eigenvalue weighted by molar-refractivity contribution is -0.119. The minimum Gasteiger partial charge on any atom is -0.493 e. The van der Waals surface area contributed by atoms with Crippen LogP contribution in [0, 0.1) is 0 Å². The SMILES string of the molecule is CCOc1ccc(C(CC(=O)Cc2ccon2)N2Cc3ccccc3C2=O)cc1OC. The van der Waals surface area contributed by atoms with Gasteiger partial charge in [0.15, 0.2) is 11.5 Å². The molecule has 4 rings (SSSR count). The third kappa shape index (κ3) is 4.30. The Morgan fingerprint density at radius 1 is 1.19 bits per heavy atom. The van der Waals surface area contributed by atoms with Crippen molar-refractivity contribution in [2.75, 3.05) is 13.7 Å². The maximum Gasteiger partial charge on any atom is 0.255 e. The highest BCUT2D eigenvalue weighted by atomic mass is 16.5. The van der Waals surface area contributed by atoms with Gasteiger partial charge in [0.2, 0.25) is 0 Å². The van der Waals surface area contributed by atoms with Crippen molar-refractivity contribution in [3.05, 3.63) is 77.2 Å². The Morgan fingerprint density at radius 3 is 2.74 bits per heavy atom. The molecule has 0 aliphatic carbocycles. The largest absolute Gasteiger partial charge is 0.493 e. The molecule has 1 aliphatic rings. The zero-order valence-electron chi connectivity index (χ0n) is 17.5. The van der Waals surface area contributed by atoms with Gasteiger partial charge in [0.05, 0.1) is 31.9 Å². The average molecular weight is 420 g/mol. The summed E-state index contributed by atoms with van der Waals surface area (Å²) in [6.07, 6.45) is 1.75. The van der Waals surface area contributed by atoms with Gasteiger partial charge in [-0.15, -0.1) is 0 Å². The van der Waals surface area contributed by atoms with Gasteiger partial charge in [-0.3, -0.25) is 9.59 Å². The topological polar surface area (TPSA) is 81.9 Å². The molecule has 31 heavy (non-hydrogen) atoms. The quantitative estimate of drug-likeness (QED) is 0.521. The number of fused-ring (bicyclic) bond motifs is 1. The van der Waals surface area contributed by atoms with Crippen LogP contribution in [0.1, 0.15) is 46.6 Å². The van der Waals surface area contributed by atoms with Crippen LogP contribution >= 0.6 is 0 Å². The van der Waals surface area contributed by atoms with Crippen molar-refractivity contribution < 1.29 is 23.6 Å². The second kappa shape index (κ2) is 9.04. The lowest BCUT2D eigenvalue weighted by atomic mass is 9.97. The van der Waals surface area contributed by atoms with Crippen LogP contribution in [-0.2, 0) is 17.8 Å². The molecule has 1 aliphatic heterocycles. The van der Waals surface area contributed by atoms with E-state index in [9.17, 15) is 9.59 Å². The zero-order valence-corrected chi connectivity index (χ0v) is 17.5. The summed E-state index contributed by atoms with van der Waals surface area (Å²) in [7, 11) is 1.57. The summed E-state index contributed by atoms with van der Waals surface area (Å²) in [5, 5.41) is 3.83. The highest BCUT2D eigenvalue weighted by Gasteiger charge is 2.34. The summed E-state index contributed by atoms with van der Waals surface area (Å²) in [5.74, 6) is 1.08. The van der Waals surface area contributed by atoms with Gasteiger partial charge in [0.25, 0.3) is 5.91 Å². The maximum atomic E-state index is 13.2. The summed E-state index contributed by atoms with van der Waals surface area (Å²) in [4.78, 5) is 27.8. The van der Waals surface area contributed by atoms with E-state index >= 15 is 0 Å². The fourth-order valence-electron chi connectivity index (χ4n) is 3.92. The molecule has 0 saturated carbocycles. The van der Waals surface area contributed by atoms with E-state index in [1.54, 1.807) is 18.1 Å². The van der Waals surface area contributed by atoms with Crippen molar-refractivity contribution in [2.24, 2.45) is 0 Å². The van der Waals surface area contributed by atoms with E-state index in [4.69, 9.17) is 14.0 Å². The van der Waals surface area contributed by atoms with Crippen LogP contribution in [-0.4, -0.2) is 35.5 Å². The molecular formula is C24H24N2O5. The second-order valence-electron chi connectivity index (χ2n) is 7.36. The number of ether oxygens (including phenoxy) is 2. The number of nitrogens with zero attached hydrogens (tertiary/aromatic N) is 2. The number of Topliss-reactive ketones (excluding diaryl/α,β-unsaturated/α-hetero) is 1. The first-order valence-corrected chi connectivity index (χ1v) is 10.2. The van der Waals surface area contributed by atoms with Gasteiger partial charge >= 0.3 is 0 Å². The predicted octanol–water partition coefficient (Wildman–Crippen LogP) is 3.98. The number of amides is 1. The molecule has 0 N–H and O–H groups in total. The normalized spacial score (nSPS) is 13.7. The Morgan fingerprint density at radius 2 is 2.03 bits per heavy atom. The van der Waals surface area contributed by atoms with Crippen molar-refractivity contribution in [3.8, 4) is 11.5 Å². The first-order valence-electron chi connectivity index (χ1n) is 10.2. The fraction of sp³-hybridized carbons (Fsp3) is 0.292. The van der Waals surface area contributed by atoms with E-state index in [0.29, 0.717) is 35.9 Å². The molecule has 2 aromatic carbocycles. The summed E-state index contributed by atoms with van der Waals surface area (Å²) >= 11 is 0. The van der Waals surface area contributed by atoms with Gasteiger partial charge in [0.1, 0.15) is 12.0 Å².